The predicted octanol–water partition coefficient (Wildman–Crippen LogP) is 4.16. The number of carbonyl (C=O) groups is 1. The van der Waals surface area contributed by atoms with Gasteiger partial charge >= 0.3 is 0 Å². The zero-order valence-corrected chi connectivity index (χ0v) is 15.0. The lowest BCUT2D eigenvalue weighted by molar-refractivity contribution is -0.114. The first kappa shape index (κ1) is 16.6. The van der Waals surface area contributed by atoms with Gasteiger partial charge in [0.2, 0.25) is 0 Å². The molecule has 0 spiro atoms. The molecule has 1 nitrogen and oxygen atoms in total. The molecule has 24 heavy (non-hydrogen) atoms. The molecule has 120 valence electrons. The molecular weight excluding hydrogens is 311 g/mol. The van der Waals surface area contributed by atoms with E-state index in [1.165, 1.54) is 0 Å². The maximum Gasteiger partial charge on any atom is 0.285 e. The Hall–Kier alpha value is -2.24. The van der Waals surface area contributed by atoms with Gasteiger partial charge in [-0.1, -0.05) is 68.4 Å². The van der Waals surface area contributed by atoms with E-state index in [4.69, 9.17) is 0 Å². The molecule has 0 aliphatic rings. The first-order chi connectivity index (χ1) is 11.7. The normalized spacial score (nSPS) is 11.5. The Labute approximate surface area is 144 Å². The second-order valence-electron chi connectivity index (χ2n) is 6.17. The fraction of sp³-hybridized carbons (Fsp3) is 0.136. The zero-order valence-electron chi connectivity index (χ0n) is 14.1. The van der Waals surface area contributed by atoms with Gasteiger partial charge in [0.15, 0.2) is 7.26 Å². The molecule has 0 aromatic heterocycles. The first-order valence-corrected chi connectivity index (χ1v) is 10.1. The van der Waals surface area contributed by atoms with Gasteiger partial charge in [-0.25, -0.2) is 0 Å². The fourth-order valence-electron chi connectivity index (χ4n) is 3.17. The van der Waals surface area contributed by atoms with Crippen LogP contribution < -0.4 is 15.9 Å². The van der Waals surface area contributed by atoms with E-state index in [1.807, 2.05) is 68.4 Å². The second-order valence-corrected chi connectivity index (χ2v) is 9.50. The Morgan fingerprint density at radius 3 is 1.17 bits per heavy atom. The molecular formula is C22H22OP+. The minimum absolute atomic E-state index is 0.0287. The highest BCUT2D eigenvalue weighted by molar-refractivity contribution is 8.08. The largest absolute Gasteiger partial charge is 0.285 e. The molecule has 0 bridgehead atoms. The third-order valence-corrected chi connectivity index (χ3v) is 8.65. The van der Waals surface area contributed by atoms with E-state index >= 15 is 0 Å². The van der Waals surface area contributed by atoms with Crippen LogP contribution in [0.15, 0.2) is 91.0 Å². The number of rotatable bonds is 5. The highest BCUT2D eigenvalue weighted by Gasteiger charge is 2.53. The molecule has 0 unspecified atom stereocenters. The van der Waals surface area contributed by atoms with Crippen molar-refractivity contribution >= 4 is 28.7 Å². The molecule has 0 saturated carbocycles. The van der Waals surface area contributed by atoms with Gasteiger partial charge < -0.3 is 0 Å². The summed E-state index contributed by atoms with van der Waals surface area (Å²) >= 11 is 0. The van der Waals surface area contributed by atoms with Crippen LogP contribution in [-0.2, 0) is 4.79 Å². The van der Waals surface area contributed by atoms with Crippen molar-refractivity contribution in [1.29, 1.82) is 0 Å². The van der Waals surface area contributed by atoms with Crippen LogP contribution in [0.5, 0.6) is 0 Å². The zero-order chi connectivity index (χ0) is 17.0. The molecule has 0 fully saturated rings. The first-order valence-electron chi connectivity index (χ1n) is 8.27. The van der Waals surface area contributed by atoms with Crippen LogP contribution in [0.2, 0.25) is 0 Å². The molecule has 2 heteroatoms. The van der Waals surface area contributed by atoms with E-state index < -0.39 is 7.26 Å². The lowest BCUT2D eigenvalue weighted by Gasteiger charge is -2.26. The van der Waals surface area contributed by atoms with Crippen LogP contribution in [0, 0.1) is 5.92 Å². The van der Waals surface area contributed by atoms with Crippen LogP contribution in [0.4, 0.5) is 0 Å². The number of hydrogen-bond donors (Lipinski definition) is 0. The third kappa shape index (κ3) is 2.81. The summed E-state index contributed by atoms with van der Waals surface area (Å²) in [4.78, 5) is 13.6. The molecule has 0 atom stereocenters. The Morgan fingerprint density at radius 1 is 0.625 bits per heavy atom. The molecule has 3 aromatic carbocycles. The van der Waals surface area contributed by atoms with Gasteiger partial charge in [0.1, 0.15) is 15.9 Å². The van der Waals surface area contributed by atoms with Crippen molar-refractivity contribution in [3.05, 3.63) is 91.0 Å². The van der Waals surface area contributed by atoms with Crippen molar-refractivity contribution in [3.63, 3.8) is 0 Å². The highest BCUT2D eigenvalue weighted by Crippen LogP contribution is 2.57. The van der Waals surface area contributed by atoms with Crippen LogP contribution in [0.3, 0.4) is 0 Å². The summed E-state index contributed by atoms with van der Waals surface area (Å²) in [6.07, 6.45) is 0. The second kappa shape index (κ2) is 7.11. The van der Waals surface area contributed by atoms with Gasteiger partial charge in [0.25, 0.3) is 5.52 Å². The number of benzene rings is 3. The molecule has 0 amide bonds. The average molecular weight is 333 g/mol. The van der Waals surface area contributed by atoms with Crippen LogP contribution >= 0.6 is 7.26 Å². The van der Waals surface area contributed by atoms with E-state index in [9.17, 15) is 4.79 Å². The van der Waals surface area contributed by atoms with E-state index in [2.05, 4.69) is 36.4 Å². The molecule has 3 aromatic rings. The third-order valence-electron chi connectivity index (χ3n) is 4.25. The summed E-state index contributed by atoms with van der Waals surface area (Å²) in [5, 5.41) is 3.38. The summed E-state index contributed by atoms with van der Waals surface area (Å²) in [7, 11) is -2.34. The standard InChI is InChI=1S/C22H22OP/c1-18(2)22(23)24(19-12-6-3-7-13-19,20-14-8-4-9-15-20)21-16-10-5-11-17-21/h3-18H,1-2H3/q+1. The topological polar surface area (TPSA) is 17.1 Å². The lowest BCUT2D eigenvalue weighted by atomic mass is 10.3. The van der Waals surface area contributed by atoms with E-state index in [1.54, 1.807) is 0 Å². The van der Waals surface area contributed by atoms with Gasteiger partial charge in [0.05, 0.1) is 5.92 Å². The van der Waals surface area contributed by atoms with Gasteiger partial charge in [-0.3, -0.25) is 4.79 Å². The van der Waals surface area contributed by atoms with Crippen molar-refractivity contribution < 1.29 is 4.79 Å². The summed E-state index contributed by atoms with van der Waals surface area (Å²) < 4.78 is 0. The minimum Gasteiger partial charge on any atom is -0.251 e. The van der Waals surface area contributed by atoms with Crippen molar-refractivity contribution in [2.24, 2.45) is 5.92 Å². The van der Waals surface area contributed by atoms with Gasteiger partial charge in [0, 0.05) is 0 Å². The van der Waals surface area contributed by atoms with E-state index in [0.717, 1.165) is 15.9 Å². The van der Waals surface area contributed by atoms with Crippen molar-refractivity contribution in [3.8, 4) is 0 Å². The fourth-order valence-corrected chi connectivity index (χ4v) is 7.46. The van der Waals surface area contributed by atoms with Crippen LogP contribution in [0.1, 0.15) is 13.8 Å². The maximum absolute atomic E-state index is 13.6. The average Bonchev–Trinajstić information content (AvgIpc) is 2.65. The minimum atomic E-state index is -2.34. The molecule has 0 aliphatic carbocycles. The Bertz CT molecular complexity index is 698. The molecule has 0 aliphatic heterocycles. The molecule has 0 heterocycles. The van der Waals surface area contributed by atoms with Crippen molar-refractivity contribution in [1.82, 2.24) is 0 Å². The number of carbonyl (C=O) groups excluding carboxylic acids is 1. The van der Waals surface area contributed by atoms with Gasteiger partial charge in [-0.05, 0) is 36.4 Å². The Morgan fingerprint density at radius 2 is 0.917 bits per heavy atom. The summed E-state index contributed by atoms with van der Waals surface area (Å²) in [6, 6.07) is 30.8. The molecule has 0 saturated heterocycles. The van der Waals surface area contributed by atoms with E-state index in [-0.39, 0.29) is 5.92 Å². The number of hydrogen-bond acceptors (Lipinski definition) is 1. The van der Waals surface area contributed by atoms with Gasteiger partial charge in [-0.2, -0.15) is 0 Å². The lowest BCUT2D eigenvalue weighted by Crippen LogP contribution is -2.38. The summed E-state index contributed by atoms with van der Waals surface area (Å²) in [5.41, 5.74) is 0.325. The van der Waals surface area contributed by atoms with Crippen LogP contribution in [-0.4, -0.2) is 5.52 Å². The molecule has 3 rings (SSSR count). The van der Waals surface area contributed by atoms with Gasteiger partial charge in [-0.15, -0.1) is 0 Å². The maximum atomic E-state index is 13.6. The monoisotopic (exact) mass is 333 g/mol. The quantitative estimate of drug-likeness (QED) is 0.641. The SMILES string of the molecule is CC(C)C(=O)[P+](c1ccccc1)(c1ccccc1)c1ccccc1. The molecule has 0 radical (unpaired) electrons. The van der Waals surface area contributed by atoms with Crippen molar-refractivity contribution in [2.75, 3.05) is 0 Å². The Kier molecular flexibility index (Phi) is 4.92. The van der Waals surface area contributed by atoms with Crippen molar-refractivity contribution in [2.45, 2.75) is 13.8 Å². The smallest absolute Gasteiger partial charge is 0.251 e. The van der Waals surface area contributed by atoms with Crippen LogP contribution in [0.25, 0.3) is 0 Å². The molecule has 0 N–H and O–H groups in total. The predicted molar refractivity (Wildman–Crippen MR) is 105 cm³/mol. The van der Waals surface area contributed by atoms with E-state index in [0.29, 0.717) is 5.52 Å². The highest BCUT2D eigenvalue weighted by atomic mass is 31.2. The Balaban J connectivity index is 2.40. The summed E-state index contributed by atoms with van der Waals surface area (Å²) in [5.74, 6) is -0.0287. The summed E-state index contributed by atoms with van der Waals surface area (Å²) in [6.45, 7) is 4.01.